The molecule has 0 aromatic heterocycles. The Labute approximate surface area is 73.9 Å². The molecule has 4 fully saturated rings. The fraction of sp³-hybridized carbons (Fsp3) is 1.00. The van der Waals surface area contributed by atoms with Gasteiger partial charge in [-0.3, -0.25) is 0 Å². The van der Waals surface area contributed by atoms with Gasteiger partial charge in [0.15, 0.2) is 0 Å². The molecule has 3 saturated carbocycles. The average Bonchev–Trinajstić information content (AvgIpc) is 2.49. The minimum Gasteiger partial charge on any atom is -0.408 e. The molecule has 2 unspecified atom stereocenters. The van der Waals surface area contributed by atoms with Gasteiger partial charge in [-0.1, -0.05) is 13.8 Å². The van der Waals surface area contributed by atoms with Crippen LogP contribution in [-0.4, -0.2) is 19.9 Å². The molecular weight excluding hydrogens is 151 g/mol. The van der Waals surface area contributed by atoms with Crippen molar-refractivity contribution in [1.82, 2.24) is 0 Å². The van der Waals surface area contributed by atoms with Gasteiger partial charge < -0.3 is 9.31 Å². The molecule has 4 aliphatic rings. The minimum absolute atomic E-state index is 0.366. The van der Waals surface area contributed by atoms with Gasteiger partial charge in [0, 0.05) is 0 Å². The van der Waals surface area contributed by atoms with E-state index < -0.39 is 0 Å². The predicted octanol–water partition coefficient (Wildman–Crippen LogP) is 1.37. The number of hydrogen-bond donors (Lipinski definition) is 0. The molecule has 2 nitrogen and oxygen atoms in total. The Morgan fingerprint density at radius 1 is 1.25 bits per heavy atom. The van der Waals surface area contributed by atoms with Crippen molar-refractivity contribution < 1.29 is 9.31 Å². The molecule has 1 heterocycles. The summed E-state index contributed by atoms with van der Waals surface area (Å²) in [5.41, 5.74) is 0.503. The van der Waals surface area contributed by atoms with Gasteiger partial charge in [-0.25, -0.2) is 0 Å². The third-order valence-electron chi connectivity index (χ3n) is 4.27. The summed E-state index contributed by atoms with van der Waals surface area (Å²) in [5.74, 6) is 1.61. The zero-order valence-corrected chi connectivity index (χ0v) is 7.62. The molecule has 0 amide bonds. The first-order chi connectivity index (χ1) is 5.69. The Kier molecular flexibility index (Phi) is 1.28. The first-order valence-corrected chi connectivity index (χ1v) is 4.82. The van der Waals surface area contributed by atoms with Crippen molar-refractivity contribution in [2.24, 2.45) is 17.3 Å². The number of hydrogen-bond acceptors (Lipinski definition) is 2. The zero-order valence-electron chi connectivity index (χ0n) is 7.62. The van der Waals surface area contributed by atoms with E-state index in [-0.39, 0.29) is 0 Å². The van der Waals surface area contributed by atoms with Crippen molar-refractivity contribution in [1.29, 1.82) is 0 Å². The van der Waals surface area contributed by atoms with Crippen LogP contribution >= 0.6 is 0 Å². The van der Waals surface area contributed by atoms with E-state index in [4.69, 9.17) is 9.31 Å². The summed E-state index contributed by atoms with van der Waals surface area (Å²) in [4.78, 5) is 0. The summed E-state index contributed by atoms with van der Waals surface area (Å²) in [5, 5.41) is 0. The second-order valence-electron chi connectivity index (χ2n) is 4.97. The zero-order chi connectivity index (χ0) is 8.34. The van der Waals surface area contributed by atoms with Crippen LogP contribution in [0.3, 0.4) is 0 Å². The van der Waals surface area contributed by atoms with E-state index in [0.29, 0.717) is 17.6 Å². The van der Waals surface area contributed by atoms with Gasteiger partial charge in [-0.05, 0) is 30.1 Å². The Morgan fingerprint density at radius 2 is 2.08 bits per heavy atom. The molecule has 12 heavy (non-hydrogen) atoms. The topological polar surface area (TPSA) is 18.5 Å². The van der Waals surface area contributed by atoms with Crippen LogP contribution in [0.1, 0.15) is 26.7 Å². The van der Waals surface area contributed by atoms with E-state index in [2.05, 4.69) is 13.8 Å². The lowest BCUT2D eigenvalue weighted by Gasteiger charge is -2.60. The molecule has 1 saturated heterocycles. The van der Waals surface area contributed by atoms with Crippen molar-refractivity contribution >= 4 is 7.69 Å². The largest absolute Gasteiger partial charge is 0.488 e. The Hall–Kier alpha value is -0.0151. The first kappa shape index (κ1) is 7.39. The molecule has 3 aliphatic carbocycles. The van der Waals surface area contributed by atoms with Crippen LogP contribution < -0.4 is 0 Å². The van der Waals surface area contributed by atoms with Crippen molar-refractivity contribution in [3.63, 3.8) is 0 Å². The molecule has 4 atom stereocenters. The molecule has 0 spiro atoms. The fourth-order valence-electron chi connectivity index (χ4n) is 3.17. The van der Waals surface area contributed by atoms with Crippen molar-refractivity contribution in [3.05, 3.63) is 0 Å². The van der Waals surface area contributed by atoms with Crippen molar-refractivity contribution in [2.75, 3.05) is 0 Å². The maximum Gasteiger partial charge on any atom is 0.488 e. The lowest BCUT2D eigenvalue weighted by molar-refractivity contribution is -0.150. The predicted molar refractivity (Wildman–Crippen MR) is 45.5 cm³/mol. The summed E-state index contributed by atoms with van der Waals surface area (Å²) in [6.07, 6.45) is 3.29. The van der Waals surface area contributed by atoms with E-state index >= 15 is 0 Å². The molecule has 65 valence electrons. The Morgan fingerprint density at radius 3 is 2.83 bits per heavy atom. The van der Waals surface area contributed by atoms with E-state index in [0.717, 1.165) is 11.8 Å². The molecule has 0 N–H and O–H groups in total. The molecule has 1 radical (unpaired) electrons. The lowest BCUT2D eigenvalue weighted by atomic mass is 9.47. The smallest absolute Gasteiger partial charge is 0.408 e. The fourth-order valence-corrected chi connectivity index (χ4v) is 3.17. The van der Waals surface area contributed by atoms with E-state index in [9.17, 15) is 0 Å². The normalized spacial score (nSPS) is 53.8. The minimum atomic E-state index is 0.366. The SMILES string of the molecule is CC1(C)[C@H]2CC3O[B]OC3[C@@H]1C2. The van der Waals surface area contributed by atoms with Crippen LogP contribution in [0.15, 0.2) is 0 Å². The van der Waals surface area contributed by atoms with Crippen molar-refractivity contribution in [3.8, 4) is 0 Å². The monoisotopic (exact) mass is 165 g/mol. The van der Waals surface area contributed by atoms with Crippen LogP contribution in [0.5, 0.6) is 0 Å². The van der Waals surface area contributed by atoms with Crippen LogP contribution in [0.2, 0.25) is 0 Å². The van der Waals surface area contributed by atoms with Crippen LogP contribution in [-0.2, 0) is 9.31 Å². The molecule has 0 aromatic rings. The Bertz CT molecular complexity index is 217. The second-order valence-corrected chi connectivity index (χ2v) is 4.97. The van der Waals surface area contributed by atoms with Crippen molar-refractivity contribution in [2.45, 2.75) is 38.9 Å². The van der Waals surface area contributed by atoms with Gasteiger partial charge in [0.2, 0.25) is 0 Å². The molecule has 3 heteroatoms. The summed E-state index contributed by atoms with van der Waals surface area (Å²) < 4.78 is 10.9. The molecular formula is C9H14BO2. The molecule has 0 aromatic carbocycles. The number of rotatable bonds is 0. The van der Waals surface area contributed by atoms with Gasteiger partial charge in [-0.2, -0.15) is 0 Å². The lowest BCUT2D eigenvalue weighted by Crippen LogP contribution is -2.59. The van der Waals surface area contributed by atoms with Crippen LogP contribution in [0.25, 0.3) is 0 Å². The maximum atomic E-state index is 5.50. The maximum absolute atomic E-state index is 5.50. The van der Waals surface area contributed by atoms with Gasteiger partial charge in [0.05, 0.1) is 12.2 Å². The summed E-state index contributed by atoms with van der Waals surface area (Å²) >= 11 is 0. The van der Waals surface area contributed by atoms with Gasteiger partial charge in [0.1, 0.15) is 0 Å². The summed E-state index contributed by atoms with van der Waals surface area (Å²) in [6, 6.07) is 0. The highest BCUT2D eigenvalue weighted by atomic mass is 16.6. The van der Waals surface area contributed by atoms with E-state index in [1.807, 2.05) is 0 Å². The van der Waals surface area contributed by atoms with E-state index in [1.165, 1.54) is 12.8 Å². The third kappa shape index (κ3) is 0.698. The first-order valence-electron chi connectivity index (χ1n) is 4.82. The highest BCUT2D eigenvalue weighted by Gasteiger charge is 2.60. The summed E-state index contributed by atoms with van der Waals surface area (Å²) in [6.45, 7) is 4.73. The summed E-state index contributed by atoms with van der Waals surface area (Å²) in [7, 11) is 1.55. The molecule has 4 rings (SSSR count). The average molecular weight is 165 g/mol. The molecule has 1 aliphatic heterocycles. The van der Waals surface area contributed by atoms with Gasteiger partial charge >= 0.3 is 7.69 Å². The quantitative estimate of drug-likeness (QED) is 0.504. The van der Waals surface area contributed by atoms with Gasteiger partial charge in [0.25, 0.3) is 0 Å². The van der Waals surface area contributed by atoms with E-state index in [1.54, 1.807) is 7.69 Å². The third-order valence-corrected chi connectivity index (χ3v) is 4.27. The van der Waals surface area contributed by atoms with Gasteiger partial charge in [-0.15, -0.1) is 0 Å². The highest BCUT2D eigenvalue weighted by molar-refractivity contribution is 6.19. The van der Waals surface area contributed by atoms with Crippen LogP contribution in [0, 0.1) is 17.3 Å². The standard InChI is InChI=1S/C9H14BO2/c1-9(2)5-3-6(9)8-7(4-5)11-10-12-8/h5-8H,3-4H2,1-2H3/t5-,6+,7?,8?/m1/s1. The van der Waals surface area contributed by atoms with Crippen LogP contribution in [0.4, 0.5) is 0 Å². The highest BCUT2D eigenvalue weighted by Crippen LogP contribution is 2.61. The second kappa shape index (κ2) is 2.07. The Balaban J connectivity index is 1.88. The molecule has 2 bridgehead atoms.